The summed E-state index contributed by atoms with van der Waals surface area (Å²) in [4.78, 5) is 41.1. The molecule has 2 aromatic carbocycles. The Kier molecular flexibility index (Phi) is 9.96. The van der Waals surface area contributed by atoms with Gasteiger partial charge in [0.05, 0.1) is 31.2 Å². The zero-order chi connectivity index (χ0) is 29.6. The number of hydrogen-bond acceptors (Lipinski definition) is 5. The Morgan fingerprint density at radius 1 is 1.15 bits per heavy atom. The number of amides is 4. The maximum Gasteiger partial charge on any atom is 0.389 e. The number of halogens is 4. The Bertz CT molecular complexity index is 1210. The second kappa shape index (κ2) is 13.0. The molecule has 2 aromatic rings. The van der Waals surface area contributed by atoms with Crippen molar-refractivity contribution in [2.24, 2.45) is 5.92 Å². The first-order valence-corrected chi connectivity index (χ1v) is 12.6. The van der Waals surface area contributed by atoms with E-state index in [2.05, 4.69) is 10.6 Å². The number of aliphatic hydroxyl groups is 1. The fourth-order valence-corrected chi connectivity index (χ4v) is 4.10. The van der Waals surface area contributed by atoms with Gasteiger partial charge in [0.15, 0.2) is 0 Å². The van der Waals surface area contributed by atoms with Crippen molar-refractivity contribution in [3.05, 3.63) is 53.8 Å². The van der Waals surface area contributed by atoms with Crippen molar-refractivity contribution < 1.29 is 41.8 Å². The van der Waals surface area contributed by atoms with Crippen LogP contribution in [0, 0.1) is 11.7 Å². The molecule has 3 atom stereocenters. The van der Waals surface area contributed by atoms with Crippen molar-refractivity contribution in [3.8, 4) is 5.75 Å². The number of benzene rings is 2. The predicted molar refractivity (Wildman–Crippen MR) is 140 cm³/mol. The Hall–Kier alpha value is -3.87. The van der Waals surface area contributed by atoms with Gasteiger partial charge in [-0.25, -0.2) is 9.18 Å². The topological polar surface area (TPSA) is 111 Å². The SMILES string of the molecule is C[C@@H]1CN([C@@H](C)CO)C(=O)c2cc(NC(=O)CCC(F)(F)F)ccc2O[C@@H]1CN(C)C(=O)Nc1ccc(F)cc1. The molecule has 0 radical (unpaired) electrons. The van der Waals surface area contributed by atoms with E-state index in [0.717, 1.165) is 0 Å². The fraction of sp³-hybridized carbons (Fsp3) is 0.444. The lowest BCUT2D eigenvalue weighted by molar-refractivity contribution is -0.142. The monoisotopic (exact) mass is 568 g/mol. The Morgan fingerprint density at radius 3 is 2.42 bits per heavy atom. The average Bonchev–Trinajstić information content (AvgIpc) is 2.90. The second-order valence-corrected chi connectivity index (χ2v) is 9.81. The number of anilines is 2. The summed E-state index contributed by atoms with van der Waals surface area (Å²) < 4.78 is 56.8. The van der Waals surface area contributed by atoms with Gasteiger partial charge in [-0.1, -0.05) is 6.92 Å². The first-order chi connectivity index (χ1) is 18.8. The summed E-state index contributed by atoms with van der Waals surface area (Å²) in [5.41, 5.74) is 0.554. The number of hydrogen-bond donors (Lipinski definition) is 3. The summed E-state index contributed by atoms with van der Waals surface area (Å²) in [7, 11) is 1.55. The largest absolute Gasteiger partial charge is 0.487 e. The first-order valence-electron chi connectivity index (χ1n) is 12.6. The summed E-state index contributed by atoms with van der Waals surface area (Å²) >= 11 is 0. The Labute approximate surface area is 229 Å². The van der Waals surface area contributed by atoms with Crippen LogP contribution in [0.25, 0.3) is 0 Å². The lowest BCUT2D eigenvalue weighted by Crippen LogP contribution is -2.50. The lowest BCUT2D eigenvalue weighted by atomic mass is 9.99. The van der Waals surface area contributed by atoms with Crippen LogP contribution in [-0.2, 0) is 4.79 Å². The molecule has 9 nitrogen and oxygen atoms in total. The van der Waals surface area contributed by atoms with Gasteiger partial charge in [-0.3, -0.25) is 9.59 Å². The molecule has 40 heavy (non-hydrogen) atoms. The van der Waals surface area contributed by atoms with Crippen LogP contribution in [0.4, 0.5) is 33.7 Å². The molecule has 1 aliphatic heterocycles. The Balaban J connectivity index is 1.83. The third-order valence-electron chi connectivity index (χ3n) is 6.48. The van der Waals surface area contributed by atoms with Crippen LogP contribution in [0.15, 0.2) is 42.5 Å². The molecule has 0 aromatic heterocycles. The van der Waals surface area contributed by atoms with Crippen LogP contribution in [0.3, 0.4) is 0 Å². The summed E-state index contributed by atoms with van der Waals surface area (Å²) in [6.45, 7) is 3.43. The van der Waals surface area contributed by atoms with E-state index >= 15 is 0 Å². The number of aliphatic hydroxyl groups excluding tert-OH is 1. The lowest BCUT2D eigenvalue weighted by Gasteiger charge is -2.38. The smallest absolute Gasteiger partial charge is 0.389 e. The number of fused-ring (bicyclic) bond motifs is 1. The number of nitrogens with one attached hydrogen (secondary N) is 2. The maximum absolute atomic E-state index is 13.5. The van der Waals surface area contributed by atoms with Crippen LogP contribution < -0.4 is 15.4 Å². The molecule has 3 rings (SSSR count). The summed E-state index contributed by atoms with van der Waals surface area (Å²) in [5.74, 6) is -1.94. The maximum atomic E-state index is 13.5. The molecule has 0 spiro atoms. The molecule has 3 N–H and O–H groups in total. The number of alkyl halides is 3. The van der Waals surface area contributed by atoms with Crippen LogP contribution in [-0.4, -0.2) is 77.8 Å². The molecule has 4 amide bonds. The van der Waals surface area contributed by atoms with E-state index in [4.69, 9.17) is 4.74 Å². The van der Waals surface area contributed by atoms with Crippen LogP contribution in [0.5, 0.6) is 5.75 Å². The van der Waals surface area contributed by atoms with Crippen LogP contribution in [0.2, 0.25) is 0 Å². The number of nitrogens with zero attached hydrogens (tertiary/aromatic N) is 2. The molecule has 0 aliphatic carbocycles. The van der Waals surface area contributed by atoms with Crippen molar-refractivity contribution in [2.75, 3.05) is 37.4 Å². The molecule has 218 valence electrons. The molecule has 0 fully saturated rings. The highest BCUT2D eigenvalue weighted by atomic mass is 19.4. The van der Waals surface area contributed by atoms with Gasteiger partial charge >= 0.3 is 12.2 Å². The van der Waals surface area contributed by atoms with Gasteiger partial charge in [-0.05, 0) is 49.4 Å². The highest BCUT2D eigenvalue weighted by Gasteiger charge is 2.34. The molecule has 0 bridgehead atoms. The standard InChI is InChI=1S/C27H32F4N4O5/c1-16-13-35(17(2)15-36)25(38)21-12-20(32-24(37)10-11-27(29,30)31)8-9-22(21)40-23(16)14-34(3)26(39)33-19-6-4-18(28)5-7-19/h4-9,12,16-17,23,36H,10-11,13-15H2,1-3H3,(H,32,37)(H,33,39)/t16-,17+,23-/m1/s1. The minimum atomic E-state index is -4.48. The fourth-order valence-electron chi connectivity index (χ4n) is 4.10. The molecule has 0 saturated carbocycles. The summed E-state index contributed by atoms with van der Waals surface area (Å²) in [6, 6.07) is 8.38. The van der Waals surface area contributed by atoms with Gasteiger partial charge in [0, 0.05) is 37.3 Å². The van der Waals surface area contributed by atoms with Gasteiger partial charge in [-0.2, -0.15) is 13.2 Å². The van der Waals surface area contributed by atoms with E-state index in [9.17, 15) is 37.1 Å². The van der Waals surface area contributed by atoms with Crippen molar-refractivity contribution in [2.45, 2.75) is 45.0 Å². The summed E-state index contributed by atoms with van der Waals surface area (Å²) in [5, 5.41) is 14.8. The highest BCUT2D eigenvalue weighted by molar-refractivity contribution is 6.00. The molecule has 13 heteroatoms. The van der Waals surface area contributed by atoms with Gasteiger partial charge in [-0.15, -0.1) is 0 Å². The number of rotatable bonds is 8. The zero-order valence-corrected chi connectivity index (χ0v) is 22.3. The molecule has 1 aliphatic rings. The third-order valence-corrected chi connectivity index (χ3v) is 6.48. The molecular formula is C27H32F4N4O5. The molecule has 1 heterocycles. The number of carbonyl (C=O) groups excluding carboxylic acids is 3. The van der Waals surface area contributed by atoms with E-state index in [0.29, 0.717) is 5.69 Å². The molecule has 0 unspecified atom stereocenters. The van der Waals surface area contributed by atoms with Gasteiger partial charge < -0.3 is 30.3 Å². The predicted octanol–water partition coefficient (Wildman–Crippen LogP) is 4.49. The van der Waals surface area contributed by atoms with E-state index in [1.165, 1.54) is 52.3 Å². The van der Waals surface area contributed by atoms with E-state index in [-0.39, 0.29) is 42.6 Å². The molecule has 0 saturated heterocycles. The van der Waals surface area contributed by atoms with Crippen molar-refractivity contribution in [3.63, 3.8) is 0 Å². The van der Waals surface area contributed by atoms with Crippen LogP contribution in [0.1, 0.15) is 37.0 Å². The highest BCUT2D eigenvalue weighted by Crippen LogP contribution is 2.31. The van der Waals surface area contributed by atoms with E-state index in [1.807, 2.05) is 6.92 Å². The van der Waals surface area contributed by atoms with Crippen molar-refractivity contribution in [1.29, 1.82) is 0 Å². The minimum absolute atomic E-state index is 0.0456. The number of likely N-dealkylation sites (N-methyl/N-ethyl adjacent to an activating group) is 1. The quantitative estimate of drug-likeness (QED) is 0.407. The van der Waals surface area contributed by atoms with E-state index in [1.54, 1.807) is 14.0 Å². The Morgan fingerprint density at radius 2 is 1.80 bits per heavy atom. The van der Waals surface area contributed by atoms with Crippen molar-refractivity contribution in [1.82, 2.24) is 9.80 Å². The third kappa shape index (κ3) is 8.31. The number of ether oxygens (including phenoxy) is 1. The van der Waals surface area contributed by atoms with E-state index < -0.39 is 54.8 Å². The second-order valence-electron chi connectivity index (χ2n) is 9.81. The average molecular weight is 569 g/mol. The summed E-state index contributed by atoms with van der Waals surface area (Å²) in [6.07, 6.45) is -7.15. The van der Waals surface area contributed by atoms with Gasteiger partial charge in [0.2, 0.25) is 5.91 Å². The molecular weight excluding hydrogens is 536 g/mol. The normalized spacial score (nSPS) is 18.1. The number of carbonyl (C=O) groups is 3. The zero-order valence-electron chi connectivity index (χ0n) is 22.3. The van der Waals surface area contributed by atoms with Crippen LogP contribution >= 0.6 is 0 Å². The van der Waals surface area contributed by atoms with Crippen molar-refractivity contribution >= 4 is 29.2 Å². The first kappa shape index (κ1) is 30.7. The minimum Gasteiger partial charge on any atom is -0.487 e. The van der Waals surface area contributed by atoms with Gasteiger partial charge in [0.1, 0.15) is 17.7 Å². The number of urea groups is 1. The van der Waals surface area contributed by atoms with Gasteiger partial charge in [0.25, 0.3) is 5.91 Å².